The molecule has 0 fully saturated rings. The van der Waals surface area contributed by atoms with E-state index in [1.807, 2.05) is 18.2 Å². The van der Waals surface area contributed by atoms with Crippen LogP contribution in [-0.2, 0) is 6.42 Å². The van der Waals surface area contributed by atoms with Crippen LogP contribution in [0.5, 0.6) is 0 Å². The fourth-order valence-electron chi connectivity index (χ4n) is 2.26. The van der Waals surface area contributed by atoms with Crippen LogP contribution in [0.4, 0.5) is 0 Å². The number of nitrogens with two attached hydrogens (primary N) is 1. The van der Waals surface area contributed by atoms with Crippen molar-refractivity contribution in [3.63, 3.8) is 0 Å². The Morgan fingerprint density at radius 1 is 1.28 bits per heavy atom. The summed E-state index contributed by atoms with van der Waals surface area (Å²) < 4.78 is 0. The molecule has 2 nitrogen and oxygen atoms in total. The predicted molar refractivity (Wildman–Crippen MR) is 77.4 cm³/mol. The molecule has 5 heteroatoms. The lowest BCUT2D eigenvalue weighted by atomic mass is 9.99. The SMILES string of the molecule is NC1CCCc2sc(-c3c(Cl)cccc3Cl)nc21. The fraction of sp³-hybridized carbons (Fsp3) is 0.308. The highest BCUT2D eigenvalue weighted by Gasteiger charge is 2.23. The van der Waals surface area contributed by atoms with Crippen LogP contribution in [0.25, 0.3) is 10.6 Å². The topological polar surface area (TPSA) is 38.9 Å². The number of fused-ring (bicyclic) bond motifs is 1. The molecule has 0 amide bonds. The van der Waals surface area contributed by atoms with Crippen molar-refractivity contribution >= 4 is 34.5 Å². The number of hydrogen-bond acceptors (Lipinski definition) is 3. The number of rotatable bonds is 1. The van der Waals surface area contributed by atoms with Crippen molar-refractivity contribution in [2.45, 2.75) is 25.3 Å². The van der Waals surface area contributed by atoms with Gasteiger partial charge in [-0.25, -0.2) is 4.98 Å². The fourth-order valence-corrected chi connectivity index (χ4v) is 4.20. The summed E-state index contributed by atoms with van der Waals surface area (Å²) in [4.78, 5) is 5.93. The lowest BCUT2D eigenvalue weighted by molar-refractivity contribution is 0.564. The highest BCUT2D eigenvalue weighted by Crippen LogP contribution is 2.41. The number of halogens is 2. The normalized spacial score (nSPS) is 18.7. The van der Waals surface area contributed by atoms with Gasteiger partial charge in [-0.1, -0.05) is 29.3 Å². The summed E-state index contributed by atoms with van der Waals surface area (Å²) in [5.74, 6) is 0. The van der Waals surface area contributed by atoms with Gasteiger partial charge < -0.3 is 5.73 Å². The molecule has 2 N–H and O–H groups in total. The van der Waals surface area contributed by atoms with Gasteiger partial charge in [0.2, 0.25) is 0 Å². The van der Waals surface area contributed by atoms with Crippen molar-refractivity contribution in [2.75, 3.05) is 0 Å². The molecule has 0 radical (unpaired) electrons. The molecular weight excluding hydrogens is 287 g/mol. The van der Waals surface area contributed by atoms with Crippen LogP contribution in [0.15, 0.2) is 18.2 Å². The molecule has 3 rings (SSSR count). The second kappa shape index (κ2) is 4.82. The van der Waals surface area contributed by atoms with Gasteiger partial charge in [-0.15, -0.1) is 11.3 Å². The zero-order chi connectivity index (χ0) is 12.7. The first kappa shape index (κ1) is 12.4. The predicted octanol–water partition coefficient (Wildman–Crippen LogP) is 4.45. The van der Waals surface area contributed by atoms with Gasteiger partial charge in [0.05, 0.1) is 15.7 Å². The quantitative estimate of drug-likeness (QED) is 0.844. The number of aryl methyl sites for hydroxylation is 1. The van der Waals surface area contributed by atoms with Crippen LogP contribution in [0.2, 0.25) is 10.0 Å². The first-order chi connectivity index (χ1) is 8.66. The van der Waals surface area contributed by atoms with Gasteiger partial charge in [0.15, 0.2) is 0 Å². The van der Waals surface area contributed by atoms with E-state index < -0.39 is 0 Å². The molecule has 0 spiro atoms. The minimum atomic E-state index is 0.0556. The molecule has 18 heavy (non-hydrogen) atoms. The van der Waals surface area contributed by atoms with Gasteiger partial charge >= 0.3 is 0 Å². The Bertz CT molecular complexity index is 574. The van der Waals surface area contributed by atoms with Crippen LogP contribution in [-0.4, -0.2) is 4.98 Å². The van der Waals surface area contributed by atoms with E-state index >= 15 is 0 Å². The van der Waals surface area contributed by atoms with E-state index in [2.05, 4.69) is 4.98 Å². The van der Waals surface area contributed by atoms with Crippen LogP contribution in [0.3, 0.4) is 0 Å². The first-order valence-corrected chi connectivity index (χ1v) is 7.43. The van der Waals surface area contributed by atoms with E-state index in [0.29, 0.717) is 10.0 Å². The summed E-state index contributed by atoms with van der Waals surface area (Å²) in [6, 6.07) is 5.57. The lowest BCUT2D eigenvalue weighted by Gasteiger charge is -2.15. The summed E-state index contributed by atoms with van der Waals surface area (Å²) >= 11 is 14.1. The Kier molecular flexibility index (Phi) is 3.32. The van der Waals surface area contributed by atoms with Crippen molar-refractivity contribution in [3.8, 4) is 10.6 Å². The monoisotopic (exact) mass is 298 g/mol. The highest BCUT2D eigenvalue weighted by molar-refractivity contribution is 7.15. The van der Waals surface area contributed by atoms with E-state index in [4.69, 9.17) is 28.9 Å². The van der Waals surface area contributed by atoms with Gasteiger partial charge in [0.1, 0.15) is 5.01 Å². The van der Waals surface area contributed by atoms with Gasteiger partial charge in [0, 0.05) is 16.5 Å². The molecule has 94 valence electrons. The van der Waals surface area contributed by atoms with Crippen molar-refractivity contribution in [3.05, 3.63) is 38.8 Å². The van der Waals surface area contributed by atoms with Crippen molar-refractivity contribution < 1.29 is 0 Å². The molecule has 1 aliphatic rings. The summed E-state index contributed by atoms with van der Waals surface area (Å²) in [6.07, 6.45) is 3.20. The smallest absolute Gasteiger partial charge is 0.126 e. The number of hydrogen-bond donors (Lipinski definition) is 1. The molecule has 1 heterocycles. The summed E-state index contributed by atoms with van der Waals surface area (Å²) in [7, 11) is 0. The summed E-state index contributed by atoms with van der Waals surface area (Å²) in [5, 5.41) is 2.16. The van der Waals surface area contributed by atoms with E-state index in [9.17, 15) is 0 Å². The maximum atomic E-state index is 6.22. The van der Waals surface area contributed by atoms with Gasteiger partial charge in [0.25, 0.3) is 0 Å². The molecule has 0 saturated heterocycles. The zero-order valence-electron chi connectivity index (χ0n) is 9.62. The largest absolute Gasteiger partial charge is 0.323 e. The summed E-state index contributed by atoms with van der Waals surface area (Å²) in [6.45, 7) is 0. The van der Waals surface area contributed by atoms with Crippen LogP contribution < -0.4 is 5.73 Å². The van der Waals surface area contributed by atoms with Crippen molar-refractivity contribution in [1.29, 1.82) is 0 Å². The third kappa shape index (κ3) is 2.05. The number of benzene rings is 1. The second-order valence-corrected chi connectivity index (χ2v) is 6.32. The molecule has 1 aromatic heterocycles. The molecule has 1 aliphatic carbocycles. The highest BCUT2D eigenvalue weighted by atomic mass is 35.5. The summed E-state index contributed by atoms with van der Waals surface area (Å²) in [5.41, 5.74) is 7.94. The number of aromatic nitrogens is 1. The second-order valence-electron chi connectivity index (χ2n) is 4.42. The molecule has 1 aromatic carbocycles. The van der Waals surface area contributed by atoms with Gasteiger partial charge in [-0.3, -0.25) is 0 Å². The van der Waals surface area contributed by atoms with E-state index in [1.165, 1.54) is 4.88 Å². The van der Waals surface area contributed by atoms with Crippen LogP contribution in [0, 0.1) is 0 Å². The van der Waals surface area contributed by atoms with Crippen molar-refractivity contribution in [2.24, 2.45) is 5.73 Å². The Labute approximate surface area is 120 Å². The number of nitrogens with zero attached hydrogens (tertiary/aromatic N) is 1. The first-order valence-electron chi connectivity index (χ1n) is 5.86. The van der Waals surface area contributed by atoms with E-state index in [1.54, 1.807) is 11.3 Å². The zero-order valence-corrected chi connectivity index (χ0v) is 11.9. The standard InChI is InChI=1S/C13H12Cl2N2S/c14-7-3-1-4-8(15)11(7)13-17-12-9(16)5-2-6-10(12)18-13/h1,3-4,9H,2,5-6,16H2. The van der Waals surface area contributed by atoms with E-state index in [-0.39, 0.29) is 6.04 Å². The van der Waals surface area contributed by atoms with Crippen LogP contribution >= 0.6 is 34.5 Å². The lowest BCUT2D eigenvalue weighted by Crippen LogP contribution is -2.16. The van der Waals surface area contributed by atoms with E-state index in [0.717, 1.165) is 35.5 Å². The van der Waals surface area contributed by atoms with Crippen LogP contribution in [0.1, 0.15) is 29.5 Å². The molecule has 1 unspecified atom stereocenters. The average molecular weight is 299 g/mol. The Morgan fingerprint density at radius 3 is 2.67 bits per heavy atom. The van der Waals surface area contributed by atoms with Gasteiger partial charge in [-0.2, -0.15) is 0 Å². The third-order valence-electron chi connectivity index (χ3n) is 3.17. The number of thiazole rings is 1. The molecular formula is C13H12Cl2N2S. The Hall–Kier alpha value is -0.610. The maximum absolute atomic E-state index is 6.22. The maximum Gasteiger partial charge on any atom is 0.126 e. The van der Waals surface area contributed by atoms with Crippen molar-refractivity contribution in [1.82, 2.24) is 4.98 Å². The Morgan fingerprint density at radius 2 is 2.00 bits per heavy atom. The molecule has 0 saturated carbocycles. The molecule has 0 aliphatic heterocycles. The third-order valence-corrected chi connectivity index (χ3v) is 4.95. The molecule has 1 atom stereocenters. The average Bonchev–Trinajstić information content (AvgIpc) is 2.74. The Balaban J connectivity index is 2.13. The molecule has 2 aromatic rings. The molecule has 0 bridgehead atoms. The minimum Gasteiger partial charge on any atom is -0.323 e. The minimum absolute atomic E-state index is 0.0556. The van der Waals surface area contributed by atoms with Gasteiger partial charge in [-0.05, 0) is 31.4 Å².